The fraction of sp³-hybridized carbons (Fsp3) is 0.125. The van der Waals surface area contributed by atoms with Gasteiger partial charge in [0.05, 0.1) is 0 Å². The highest BCUT2D eigenvalue weighted by Gasteiger charge is 2.14. The number of rotatable bonds is 2. The Bertz CT molecular complexity index is 394. The largest absolute Gasteiger partial charge is 0.448 e. The minimum atomic E-state index is -0.976. The molecular formula is C8H8N2O4. The molecule has 14 heavy (non-hydrogen) atoms. The molecule has 0 spiro atoms. The Morgan fingerprint density at radius 2 is 1.86 bits per heavy atom. The summed E-state index contributed by atoms with van der Waals surface area (Å²) < 4.78 is 4.84. The number of imide groups is 1. The van der Waals surface area contributed by atoms with E-state index in [2.05, 4.69) is 0 Å². The van der Waals surface area contributed by atoms with Crippen LogP contribution in [0.15, 0.2) is 16.5 Å². The van der Waals surface area contributed by atoms with Crippen molar-refractivity contribution in [1.29, 1.82) is 0 Å². The maximum absolute atomic E-state index is 11.1. The van der Waals surface area contributed by atoms with Crippen molar-refractivity contribution in [2.75, 3.05) is 0 Å². The molecule has 0 aromatic carbocycles. The van der Waals surface area contributed by atoms with Gasteiger partial charge in [0.2, 0.25) is 0 Å². The van der Waals surface area contributed by atoms with Gasteiger partial charge in [0.25, 0.3) is 5.91 Å². The fourth-order valence-corrected chi connectivity index (χ4v) is 0.823. The molecule has 1 rings (SSSR count). The Morgan fingerprint density at radius 1 is 1.29 bits per heavy atom. The first-order valence-electron chi connectivity index (χ1n) is 3.72. The SMILES string of the molecule is CC(=O)c1ccc(C(=O)NC(N)=O)o1. The number of urea groups is 1. The molecule has 0 radical (unpaired) electrons. The average Bonchev–Trinajstić information content (AvgIpc) is 2.50. The second-order valence-electron chi connectivity index (χ2n) is 2.54. The normalized spacial score (nSPS) is 9.50. The third-order valence-corrected chi connectivity index (χ3v) is 1.41. The molecule has 0 fully saturated rings. The highest BCUT2D eigenvalue weighted by molar-refractivity contribution is 6.02. The number of ketones is 1. The number of carbonyl (C=O) groups excluding carboxylic acids is 3. The summed E-state index contributed by atoms with van der Waals surface area (Å²) in [6.45, 7) is 1.30. The van der Waals surface area contributed by atoms with Gasteiger partial charge in [0, 0.05) is 6.92 Å². The lowest BCUT2D eigenvalue weighted by atomic mass is 10.3. The van der Waals surface area contributed by atoms with E-state index in [-0.39, 0.29) is 17.3 Å². The first kappa shape index (κ1) is 9.97. The molecule has 0 aliphatic rings. The zero-order valence-corrected chi connectivity index (χ0v) is 7.37. The Hall–Kier alpha value is -2.11. The van der Waals surface area contributed by atoms with E-state index < -0.39 is 11.9 Å². The molecule has 0 bridgehead atoms. The standard InChI is InChI=1S/C8H8N2O4/c1-4(11)5-2-3-6(14-5)7(12)10-8(9)13/h2-3H,1H3,(H3,9,10,12,13). The van der Waals surface area contributed by atoms with E-state index in [0.29, 0.717) is 0 Å². The van der Waals surface area contributed by atoms with E-state index >= 15 is 0 Å². The molecule has 3 N–H and O–H groups in total. The van der Waals surface area contributed by atoms with Gasteiger partial charge in [-0.05, 0) is 12.1 Å². The average molecular weight is 196 g/mol. The summed E-state index contributed by atoms with van der Waals surface area (Å²) >= 11 is 0. The van der Waals surface area contributed by atoms with Crippen LogP contribution in [0.3, 0.4) is 0 Å². The van der Waals surface area contributed by atoms with Crippen LogP contribution in [0.25, 0.3) is 0 Å². The Balaban J connectivity index is 2.81. The lowest BCUT2D eigenvalue weighted by Gasteiger charge is -1.95. The van der Waals surface area contributed by atoms with E-state index in [4.69, 9.17) is 10.2 Å². The first-order valence-corrected chi connectivity index (χ1v) is 3.72. The highest BCUT2D eigenvalue weighted by Crippen LogP contribution is 2.07. The molecule has 1 heterocycles. The van der Waals surface area contributed by atoms with Crippen LogP contribution in [0.4, 0.5) is 4.79 Å². The third-order valence-electron chi connectivity index (χ3n) is 1.41. The second kappa shape index (κ2) is 3.73. The summed E-state index contributed by atoms with van der Waals surface area (Å²) in [5.41, 5.74) is 4.72. The molecule has 74 valence electrons. The number of nitrogens with two attached hydrogens (primary N) is 1. The zero-order chi connectivity index (χ0) is 10.7. The van der Waals surface area contributed by atoms with Crippen LogP contribution in [-0.2, 0) is 0 Å². The van der Waals surface area contributed by atoms with Gasteiger partial charge in [-0.1, -0.05) is 0 Å². The number of furan rings is 1. The summed E-state index contributed by atoms with van der Waals surface area (Å²) in [6.07, 6.45) is 0. The van der Waals surface area contributed by atoms with Crippen LogP contribution in [0, 0.1) is 0 Å². The van der Waals surface area contributed by atoms with Crippen molar-refractivity contribution in [3.05, 3.63) is 23.7 Å². The van der Waals surface area contributed by atoms with E-state index in [1.807, 2.05) is 0 Å². The molecule has 1 aromatic heterocycles. The van der Waals surface area contributed by atoms with Crippen LogP contribution in [0.1, 0.15) is 28.0 Å². The van der Waals surface area contributed by atoms with Gasteiger partial charge >= 0.3 is 6.03 Å². The monoisotopic (exact) mass is 196 g/mol. The molecule has 0 unspecified atom stereocenters. The number of hydrogen-bond acceptors (Lipinski definition) is 4. The Labute approximate surface area is 79.1 Å². The van der Waals surface area contributed by atoms with Crippen molar-refractivity contribution < 1.29 is 18.8 Å². The molecule has 0 aliphatic heterocycles. The number of carbonyl (C=O) groups is 3. The van der Waals surface area contributed by atoms with Gasteiger partial charge < -0.3 is 10.2 Å². The summed E-state index contributed by atoms with van der Waals surface area (Å²) in [4.78, 5) is 32.2. The van der Waals surface area contributed by atoms with Gasteiger partial charge in [-0.15, -0.1) is 0 Å². The predicted octanol–water partition coefficient (Wildman–Crippen LogP) is 0.291. The minimum Gasteiger partial charge on any atom is -0.448 e. The molecule has 3 amide bonds. The molecule has 6 heteroatoms. The number of nitrogens with one attached hydrogen (secondary N) is 1. The fourth-order valence-electron chi connectivity index (χ4n) is 0.823. The van der Waals surface area contributed by atoms with E-state index in [1.165, 1.54) is 19.1 Å². The van der Waals surface area contributed by atoms with Crippen molar-refractivity contribution in [2.24, 2.45) is 5.73 Å². The predicted molar refractivity (Wildman–Crippen MR) is 45.8 cm³/mol. The van der Waals surface area contributed by atoms with Gasteiger partial charge in [0.1, 0.15) is 0 Å². The van der Waals surface area contributed by atoms with E-state index in [9.17, 15) is 14.4 Å². The maximum Gasteiger partial charge on any atom is 0.319 e. The Kier molecular flexibility index (Phi) is 2.66. The van der Waals surface area contributed by atoms with Gasteiger partial charge in [-0.3, -0.25) is 14.9 Å². The summed E-state index contributed by atoms with van der Waals surface area (Å²) in [5.74, 6) is -1.15. The summed E-state index contributed by atoms with van der Waals surface area (Å²) in [7, 11) is 0. The van der Waals surface area contributed by atoms with Crippen LogP contribution < -0.4 is 11.1 Å². The maximum atomic E-state index is 11.1. The number of Topliss-reactive ketones (excluding diaryl/α,β-unsaturated/α-hetero) is 1. The van der Waals surface area contributed by atoms with Crippen molar-refractivity contribution in [1.82, 2.24) is 5.32 Å². The number of hydrogen-bond donors (Lipinski definition) is 2. The van der Waals surface area contributed by atoms with Crippen molar-refractivity contribution in [2.45, 2.75) is 6.92 Å². The van der Waals surface area contributed by atoms with Crippen LogP contribution in [0.5, 0.6) is 0 Å². The van der Waals surface area contributed by atoms with Crippen LogP contribution in [-0.4, -0.2) is 17.7 Å². The van der Waals surface area contributed by atoms with Crippen molar-refractivity contribution in [3.8, 4) is 0 Å². The molecule has 0 aliphatic carbocycles. The van der Waals surface area contributed by atoms with Gasteiger partial charge in [-0.25, -0.2) is 4.79 Å². The van der Waals surface area contributed by atoms with Crippen molar-refractivity contribution >= 4 is 17.7 Å². The molecule has 1 aromatic rings. The van der Waals surface area contributed by atoms with Crippen LogP contribution in [0.2, 0.25) is 0 Å². The first-order chi connectivity index (χ1) is 6.50. The van der Waals surface area contributed by atoms with Crippen molar-refractivity contribution in [3.63, 3.8) is 0 Å². The molecule has 6 nitrogen and oxygen atoms in total. The number of amides is 3. The number of primary amides is 1. The second-order valence-corrected chi connectivity index (χ2v) is 2.54. The third kappa shape index (κ3) is 2.19. The Morgan fingerprint density at radius 3 is 2.29 bits per heavy atom. The molecule has 0 saturated heterocycles. The van der Waals surface area contributed by atoms with Gasteiger partial charge in [0.15, 0.2) is 17.3 Å². The molecule has 0 saturated carbocycles. The smallest absolute Gasteiger partial charge is 0.319 e. The van der Waals surface area contributed by atoms with E-state index in [1.54, 1.807) is 5.32 Å². The lowest BCUT2D eigenvalue weighted by molar-refractivity contribution is 0.0930. The summed E-state index contributed by atoms with van der Waals surface area (Å²) in [6, 6.07) is 1.66. The zero-order valence-electron chi connectivity index (χ0n) is 7.37. The van der Waals surface area contributed by atoms with Crippen LogP contribution >= 0.6 is 0 Å². The lowest BCUT2D eigenvalue weighted by Crippen LogP contribution is -2.34. The molecular weight excluding hydrogens is 188 g/mol. The minimum absolute atomic E-state index is 0.0552. The highest BCUT2D eigenvalue weighted by atomic mass is 16.4. The summed E-state index contributed by atoms with van der Waals surface area (Å²) in [5, 5.41) is 1.81. The molecule has 0 atom stereocenters. The quantitative estimate of drug-likeness (QED) is 0.663. The topological polar surface area (TPSA) is 102 Å². The van der Waals surface area contributed by atoms with E-state index in [0.717, 1.165) is 0 Å². The van der Waals surface area contributed by atoms with Gasteiger partial charge in [-0.2, -0.15) is 0 Å².